The number of benzene rings is 1. The van der Waals surface area contributed by atoms with E-state index in [2.05, 4.69) is 55.3 Å². The molecule has 2 atom stereocenters. The molecule has 2 aromatic rings. The number of nitrogens with two attached hydrogens (primary N) is 1. The Morgan fingerprint density at radius 3 is 2.67 bits per heavy atom. The molecular formula is C18H28N2S. The highest BCUT2D eigenvalue weighted by molar-refractivity contribution is 7.17. The van der Waals surface area contributed by atoms with Gasteiger partial charge in [-0.1, -0.05) is 38.5 Å². The van der Waals surface area contributed by atoms with Gasteiger partial charge in [0.2, 0.25) is 0 Å². The Kier molecular flexibility index (Phi) is 6.22. The summed E-state index contributed by atoms with van der Waals surface area (Å²) in [5, 5.41) is 3.69. The Hall–Kier alpha value is -0.900. The summed E-state index contributed by atoms with van der Waals surface area (Å²) < 4.78 is 1.37. The number of hydrogen-bond donors (Lipinski definition) is 1. The van der Waals surface area contributed by atoms with Gasteiger partial charge >= 0.3 is 0 Å². The van der Waals surface area contributed by atoms with Crippen LogP contribution in [0.25, 0.3) is 10.1 Å². The number of rotatable bonds is 8. The third-order valence-electron chi connectivity index (χ3n) is 4.42. The maximum Gasteiger partial charge on any atom is 0.0487 e. The van der Waals surface area contributed by atoms with E-state index in [1.165, 1.54) is 34.9 Å². The minimum absolute atomic E-state index is 0.336. The van der Waals surface area contributed by atoms with Gasteiger partial charge in [0.05, 0.1) is 0 Å². The van der Waals surface area contributed by atoms with Crippen molar-refractivity contribution in [2.24, 2.45) is 5.73 Å². The first-order chi connectivity index (χ1) is 10.2. The van der Waals surface area contributed by atoms with Crippen LogP contribution in [0.15, 0.2) is 29.6 Å². The second-order valence-electron chi connectivity index (χ2n) is 5.79. The zero-order chi connectivity index (χ0) is 15.2. The highest BCUT2D eigenvalue weighted by Gasteiger charge is 2.24. The van der Waals surface area contributed by atoms with E-state index in [4.69, 9.17) is 5.73 Å². The molecule has 0 amide bonds. The van der Waals surface area contributed by atoms with Gasteiger partial charge in [0.1, 0.15) is 0 Å². The highest BCUT2D eigenvalue weighted by atomic mass is 32.1. The molecule has 0 bridgehead atoms. The molecule has 0 aliphatic rings. The van der Waals surface area contributed by atoms with Gasteiger partial charge in [-0.15, -0.1) is 11.3 Å². The topological polar surface area (TPSA) is 29.3 Å². The van der Waals surface area contributed by atoms with Crippen LogP contribution in [0.5, 0.6) is 0 Å². The molecule has 0 spiro atoms. The smallest absolute Gasteiger partial charge is 0.0487 e. The van der Waals surface area contributed by atoms with Crippen LogP contribution in [0.2, 0.25) is 0 Å². The lowest BCUT2D eigenvalue weighted by molar-refractivity contribution is 0.142. The summed E-state index contributed by atoms with van der Waals surface area (Å²) in [7, 11) is 0. The molecule has 0 aliphatic heterocycles. The predicted molar refractivity (Wildman–Crippen MR) is 95.0 cm³/mol. The molecule has 3 heteroatoms. The molecule has 116 valence electrons. The second kappa shape index (κ2) is 7.92. The van der Waals surface area contributed by atoms with Crippen molar-refractivity contribution in [1.29, 1.82) is 0 Å². The Balaban J connectivity index is 2.34. The fraction of sp³-hybridized carbons (Fsp3) is 0.556. The van der Waals surface area contributed by atoms with Gasteiger partial charge in [0, 0.05) is 23.3 Å². The second-order valence-corrected chi connectivity index (χ2v) is 6.70. The summed E-state index contributed by atoms with van der Waals surface area (Å²) in [6.07, 6.45) is 3.64. The first-order valence-electron chi connectivity index (χ1n) is 8.14. The van der Waals surface area contributed by atoms with Crippen molar-refractivity contribution in [3.8, 4) is 0 Å². The molecule has 0 radical (unpaired) electrons. The van der Waals surface area contributed by atoms with Crippen LogP contribution in [-0.2, 0) is 0 Å². The van der Waals surface area contributed by atoms with E-state index in [0.29, 0.717) is 18.6 Å². The molecule has 0 saturated heterocycles. The predicted octanol–water partition coefficient (Wildman–Crippen LogP) is 4.80. The lowest BCUT2D eigenvalue weighted by atomic mass is 10.0. The Bertz CT molecular complexity index is 549. The summed E-state index contributed by atoms with van der Waals surface area (Å²) in [5.41, 5.74) is 7.59. The maximum atomic E-state index is 6.18. The number of hydrogen-bond acceptors (Lipinski definition) is 3. The van der Waals surface area contributed by atoms with Crippen molar-refractivity contribution in [3.05, 3.63) is 35.2 Å². The van der Waals surface area contributed by atoms with E-state index in [1.54, 1.807) is 0 Å². The number of nitrogens with zero attached hydrogens (tertiary/aromatic N) is 1. The molecule has 0 fully saturated rings. The van der Waals surface area contributed by atoms with Crippen molar-refractivity contribution in [2.45, 2.75) is 52.1 Å². The van der Waals surface area contributed by atoms with Gasteiger partial charge in [0.25, 0.3) is 0 Å². The average molecular weight is 305 g/mol. The SMILES string of the molecule is CCCCN(C(C)CC)C(CN)c1csc2ccccc12. The molecule has 2 N–H and O–H groups in total. The molecule has 1 aromatic carbocycles. The number of fused-ring (bicyclic) bond motifs is 1. The molecule has 1 heterocycles. The third-order valence-corrected chi connectivity index (χ3v) is 5.40. The van der Waals surface area contributed by atoms with Crippen LogP contribution < -0.4 is 5.73 Å². The van der Waals surface area contributed by atoms with Gasteiger partial charge in [-0.3, -0.25) is 4.90 Å². The first-order valence-corrected chi connectivity index (χ1v) is 9.02. The fourth-order valence-electron chi connectivity index (χ4n) is 2.96. The van der Waals surface area contributed by atoms with Crippen molar-refractivity contribution >= 4 is 21.4 Å². The van der Waals surface area contributed by atoms with E-state index < -0.39 is 0 Å². The molecule has 1 aromatic heterocycles. The van der Waals surface area contributed by atoms with Crippen molar-refractivity contribution in [3.63, 3.8) is 0 Å². The van der Waals surface area contributed by atoms with Crippen LogP contribution in [-0.4, -0.2) is 24.0 Å². The minimum atomic E-state index is 0.336. The summed E-state index contributed by atoms with van der Waals surface area (Å²) in [6, 6.07) is 9.59. The highest BCUT2D eigenvalue weighted by Crippen LogP contribution is 2.34. The van der Waals surface area contributed by atoms with Gasteiger partial charge in [-0.25, -0.2) is 0 Å². The lowest BCUT2D eigenvalue weighted by Crippen LogP contribution is -2.40. The van der Waals surface area contributed by atoms with E-state index >= 15 is 0 Å². The molecular weight excluding hydrogens is 276 g/mol. The minimum Gasteiger partial charge on any atom is -0.329 e. The zero-order valence-electron chi connectivity index (χ0n) is 13.5. The van der Waals surface area contributed by atoms with Crippen molar-refractivity contribution < 1.29 is 0 Å². The van der Waals surface area contributed by atoms with Crippen molar-refractivity contribution in [2.75, 3.05) is 13.1 Å². The lowest BCUT2D eigenvalue weighted by Gasteiger charge is -2.35. The molecule has 2 nitrogen and oxygen atoms in total. The average Bonchev–Trinajstić information content (AvgIpc) is 2.94. The fourth-order valence-corrected chi connectivity index (χ4v) is 3.96. The van der Waals surface area contributed by atoms with Crippen LogP contribution >= 0.6 is 11.3 Å². The Morgan fingerprint density at radius 2 is 2.00 bits per heavy atom. The molecule has 0 saturated carbocycles. The summed E-state index contributed by atoms with van der Waals surface area (Å²) in [5.74, 6) is 0. The molecule has 2 rings (SSSR count). The third kappa shape index (κ3) is 3.65. The van der Waals surface area contributed by atoms with Crippen LogP contribution in [0.4, 0.5) is 0 Å². The monoisotopic (exact) mass is 304 g/mol. The largest absolute Gasteiger partial charge is 0.329 e. The maximum absolute atomic E-state index is 6.18. The zero-order valence-corrected chi connectivity index (χ0v) is 14.3. The summed E-state index contributed by atoms with van der Waals surface area (Å²) >= 11 is 1.84. The van der Waals surface area contributed by atoms with Crippen LogP contribution in [0, 0.1) is 0 Å². The molecule has 0 aliphatic carbocycles. The van der Waals surface area contributed by atoms with E-state index in [-0.39, 0.29) is 0 Å². The summed E-state index contributed by atoms with van der Waals surface area (Å²) in [4.78, 5) is 2.61. The quantitative estimate of drug-likeness (QED) is 0.759. The van der Waals surface area contributed by atoms with E-state index in [0.717, 1.165) is 6.54 Å². The Labute approximate surface area is 133 Å². The van der Waals surface area contributed by atoms with Gasteiger partial charge in [-0.05, 0) is 48.7 Å². The molecule has 2 unspecified atom stereocenters. The van der Waals surface area contributed by atoms with Gasteiger partial charge in [-0.2, -0.15) is 0 Å². The molecule has 21 heavy (non-hydrogen) atoms. The summed E-state index contributed by atoms with van der Waals surface area (Å²) in [6.45, 7) is 8.67. The standard InChI is InChI=1S/C18H28N2S/c1-4-6-11-20(14(3)5-2)17(12-19)16-13-21-18-10-8-7-9-15(16)18/h7-10,13-14,17H,4-6,11-12,19H2,1-3H3. The Morgan fingerprint density at radius 1 is 1.24 bits per heavy atom. The number of unbranched alkanes of at least 4 members (excludes halogenated alkanes) is 1. The van der Waals surface area contributed by atoms with E-state index in [1.807, 2.05) is 11.3 Å². The van der Waals surface area contributed by atoms with Crippen LogP contribution in [0.1, 0.15) is 51.6 Å². The van der Waals surface area contributed by atoms with Gasteiger partial charge < -0.3 is 5.73 Å². The van der Waals surface area contributed by atoms with Gasteiger partial charge in [0.15, 0.2) is 0 Å². The first kappa shape index (κ1) is 16.5. The van der Waals surface area contributed by atoms with Crippen LogP contribution in [0.3, 0.4) is 0 Å². The van der Waals surface area contributed by atoms with Crippen molar-refractivity contribution in [1.82, 2.24) is 4.90 Å². The van der Waals surface area contributed by atoms with E-state index in [9.17, 15) is 0 Å². The number of thiophene rings is 1. The normalized spacial score (nSPS) is 14.7.